The van der Waals surface area contributed by atoms with Gasteiger partial charge in [-0.1, -0.05) is 6.92 Å². The molecule has 6 heteroatoms. The van der Waals surface area contributed by atoms with E-state index in [1.807, 2.05) is 35.7 Å². The van der Waals surface area contributed by atoms with Crippen LogP contribution in [0, 0.1) is 0 Å². The van der Waals surface area contributed by atoms with Crippen molar-refractivity contribution in [1.29, 1.82) is 0 Å². The van der Waals surface area contributed by atoms with Crippen molar-refractivity contribution in [3.8, 4) is 0 Å². The summed E-state index contributed by atoms with van der Waals surface area (Å²) in [5.41, 5.74) is 5.09. The molecule has 3 N–H and O–H groups in total. The van der Waals surface area contributed by atoms with Crippen LogP contribution in [0.5, 0.6) is 0 Å². The lowest BCUT2D eigenvalue weighted by molar-refractivity contribution is 0.526. The van der Waals surface area contributed by atoms with Crippen LogP contribution in [0.15, 0.2) is 18.6 Å². The van der Waals surface area contributed by atoms with Gasteiger partial charge in [0.05, 0.1) is 11.7 Å². The van der Waals surface area contributed by atoms with Crippen LogP contribution >= 0.6 is 0 Å². The van der Waals surface area contributed by atoms with E-state index in [2.05, 4.69) is 22.4 Å². The van der Waals surface area contributed by atoms with E-state index in [0.29, 0.717) is 0 Å². The Balaban J connectivity index is 2.25. The molecule has 1 atom stereocenters. The number of hydrazine groups is 1. The fourth-order valence-electron chi connectivity index (χ4n) is 2.15. The largest absolute Gasteiger partial charge is 0.338 e. The second kappa shape index (κ2) is 5.32. The molecular formula is C12H20N6. The molecule has 0 amide bonds. The van der Waals surface area contributed by atoms with E-state index in [1.54, 1.807) is 6.20 Å². The van der Waals surface area contributed by atoms with Crippen LogP contribution < -0.4 is 11.3 Å². The number of rotatable bonds is 5. The molecule has 0 saturated carbocycles. The van der Waals surface area contributed by atoms with Crippen molar-refractivity contribution in [2.75, 3.05) is 0 Å². The molecule has 0 aliphatic heterocycles. The summed E-state index contributed by atoms with van der Waals surface area (Å²) in [6, 6.07) is 0.0368. The van der Waals surface area contributed by atoms with Crippen molar-refractivity contribution in [3.63, 3.8) is 0 Å². The van der Waals surface area contributed by atoms with Crippen molar-refractivity contribution in [2.45, 2.75) is 25.8 Å². The zero-order chi connectivity index (χ0) is 13.1. The Morgan fingerprint density at radius 2 is 2.22 bits per heavy atom. The summed E-state index contributed by atoms with van der Waals surface area (Å²) in [5, 5.41) is 4.44. The van der Waals surface area contributed by atoms with Gasteiger partial charge in [0, 0.05) is 44.7 Å². The fourth-order valence-corrected chi connectivity index (χ4v) is 2.15. The van der Waals surface area contributed by atoms with Crippen LogP contribution in [0.1, 0.15) is 30.0 Å². The van der Waals surface area contributed by atoms with Gasteiger partial charge in [0.25, 0.3) is 0 Å². The first-order chi connectivity index (χ1) is 8.65. The van der Waals surface area contributed by atoms with Gasteiger partial charge in [-0.25, -0.2) is 4.98 Å². The lowest BCUT2D eigenvalue weighted by atomic mass is 10.0. The van der Waals surface area contributed by atoms with Gasteiger partial charge in [0.15, 0.2) is 0 Å². The molecule has 0 radical (unpaired) electrons. The van der Waals surface area contributed by atoms with Gasteiger partial charge >= 0.3 is 0 Å². The van der Waals surface area contributed by atoms with E-state index < -0.39 is 0 Å². The quantitative estimate of drug-likeness (QED) is 0.595. The van der Waals surface area contributed by atoms with E-state index >= 15 is 0 Å². The summed E-state index contributed by atoms with van der Waals surface area (Å²) in [6.07, 6.45) is 7.40. The van der Waals surface area contributed by atoms with Crippen LogP contribution in [0.25, 0.3) is 0 Å². The Hall–Kier alpha value is -1.66. The Morgan fingerprint density at radius 1 is 1.44 bits per heavy atom. The summed E-state index contributed by atoms with van der Waals surface area (Å²) in [7, 11) is 3.91. The third-order valence-corrected chi connectivity index (χ3v) is 3.16. The minimum absolute atomic E-state index is 0.0368. The highest BCUT2D eigenvalue weighted by Crippen LogP contribution is 2.20. The van der Waals surface area contributed by atoms with E-state index in [4.69, 9.17) is 5.84 Å². The van der Waals surface area contributed by atoms with E-state index in [9.17, 15) is 0 Å². The molecule has 0 aliphatic rings. The molecule has 0 aliphatic carbocycles. The number of imidazole rings is 1. The van der Waals surface area contributed by atoms with E-state index in [0.717, 1.165) is 29.9 Å². The highest BCUT2D eigenvalue weighted by Gasteiger charge is 2.18. The summed E-state index contributed by atoms with van der Waals surface area (Å²) in [5.74, 6) is 6.68. The summed E-state index contributed by atoms with van der Waals surface area (Å²) in [4.78, 5) is 4.33. The Labute approximate surface area is 107 Å². The lowest BCUT2D eigenvalue weighted by Gasteiger charge is -2.15. The molecule has 1 unspecified atom stereocenters. The van der Waals surface area contributed by atoms with Crippen molar-refractivity contribution in [3.05, 3.63) is 35.7 Å². The highest BCUT2D eigenvalue weighted by atomic mass is 15.3. The predicted molar refractivity (Wildman–Crippen MR) is 69.6 cm³/mol. The van der Waals surface area contributed by atoms with Crippen LogP contribution in [0.4, 0.5) is 0 Å². The Bertz CT molecular complexity index is 512. The molecule has 0 aromatic carbocycles. The van der Waals surface area contributed by atoms with Gasteiger partial charge < -0.3 is 4.57 Å². The first-order valence-electron chi connectivity index (χ1n) is 6.10. The van der Waals surface area contributed by atoms with Crippen LogP contribution in [-0.2, 0) is 26.9 Å². The molecule has 18 heavy (non-hydrogen) atoms. The minimum atomic E-state index is 0.0368. The molecule has 2 aromatic heterocycles. The summed E-state index contributed by atoms with van der Waals surface area (Å²) in [6.45, 7) is 2.10. The maximum atomic E-state index is 5.68. The van der Waals surface area contributed by atoms with Crippen LogP contribution in [-0.4, -0.2) is 19.3 Å². The topological polar surface area (TPSA) is 73.7 Å². The Morgan fingerprint density at radius 3 is 2.78 bits per heavy atom. The zero-order valence-electron chi connectivity index (χ0n) is 11.1. The molecule has 6 nitrogen and oxygen atoms in total. The molecule has 2 aromatic rings. The number of hydrogen-bond acceptors (Lipinski definition) is 4. The molecule has 2 rings (SSSR count). The molecule has 0 saturated heterocycles. The van der Waals surface area contributed by atoms with Crippen molar-refractivity contribution in [1.82, 2.24) is 24.8 Å². The van der Waals surface area contributed by atoms with Crippen molar-refractivity contribution in [2.24, 2.45) is 19.9 Å². The number of hydrogen-bond donors (Lipinski definition) is 2. The van der Waals surface area contributed by atoms with Crippen molar-refractivity contribution < 1.29 is 0 Å². The maximum Gasteiger partial charge on any atom is 0.110 e. The molecule has 0 bridgehead atoms. The SMILES string of the molecule is CCc1nn(C)cc1C(Cc1nccn1C)NN. The van der Waals surface area contributed by atoms with Crippen LogP contribution in [0.3, 0.4) is 0 Å². The second-order valence-electron chi connectivity index (χ2n) is 4.44. The molecule has 2 heterocycles. The highest BCUT2D eigenvalue weighted by molar-refractivity contribution is 5.22. The number of nitrogens with one attached hydrogen (secondary N) is 1. The molecule has 0 spiro atoms. The third kappa shape index (κ3) is 2.44. The first-order valence-corrected chi connectivity index (χ1v) is 6.10. The van der Waals surface area contributed by atoms with E-state index in [-0.39, 0.29) is 6.04 Å². The number of nitrogens with zero attached hydrogens (tertiary/aromatic N) is 4. The average molecular weight is 248 g/mol. The third-order valence-electron chi connectivity index (χ3n) is 3.16. The number of aromatic nitrogens is 4. The second-order valence-corrected chi connectivity index (χ2v) is 4.44. The average Bonchev–Trinajstić information content (AvgIpc) is 2.92. The van der Waals surface area contributed by atoms with Crippen molar-refractivity contribution >= 4 is 0 Å². The predicted octanol–water partition coefficient (Wildman–Crippen LogP) is 0.463. The smallest absolute Gasteiger partial charge is 0.110 e. The van der Waals surface area contributed by atoms with Gasteiger partial charge in [-0.15, -0.1) is 0 Å². The van der Waals surface area contributed by atoms with E-state index in [1.165, 1.54) is 0 Å². The Kier molecular flexibility index (Phi) is 3.78. The number of nitrogens with two attached hydrogens (primary N) is 1. The van der Waals surface area contributed by atoms with Gasteiger partial charge in [0.1, 0.15) is 5.82 Å². The fraction of sp³-hybridized carbons (Fsp3) is 0.500. The maximum absolute atomic E-state index is 5.68. The van der Waals surface area contributed by atoms with Gasteiger partial charge in [0.2, 0.25) is 0 Å². The zero-order valence-corrected chi connectivity index (χ0v) is 11.1. The monoisotopic (exact) mass is 248 g/mol. The molecular weight excluding hydrogens is 228 g/mol. The van der Waals surface area contributed by atoms with Gasteiger partial charge in [-0.05, 0) is 6.42 Å². The first kappa shape index (κ1) is 12.8. The standard InChI is InChI=1S/C12H20N6/c1-4-10-9(8-18(3)16-10)11(15-13)7-12-14-5-6-17(12)2/h5-6,8,11,15H,4,7,13H2,1-3H3. The minimum Gasteiger partial charge on any atom is -0.338 e. The van der Waals surface area contributed by atoms with Crippen LogP contribution in [0.2, 0.25) is 0 Å². The number of aryl methyl sites for hydroxylation is 3. The van der Waals surface area contributed by atoms with Gasteiger partial charge in [-0.3, -0.25) is 16.0 Å². The normalized spacial score (nSPS) is 12.9. The van der Waals surface area contributed by atoms with Gasteiger partial charge in [-0.2, -0.15) is 5.10 Å². The molecule has 98 valence electrons. The lowest BCUT2D eigenvalue weighted by Crippen LogP contribution is -2.30. The summed E-state index contributed by atoms with van der Waals surface area (Å²) >= 11 is 0. The summed E-state index contributed by atoms with van der Waals surface area (Å²) < 4.78 is 3.84. The molecule has 0 fully saturated rings.